The lowest BCUT2D eigenvalue weighted by molar-refractivity contribution is -0.168. The number of nitrogens with one attached hydrogen (secondary N) is 1. The van der Waals surface area contributed by atoms with Crippen LogP contribution < -0.4 is 10.2 Å². The summed E-state index contributed by atoms with van der Waals surface area (Å²) in [6, 6.07) is 17.1. The Kier molecular flexibility index (Phi) is 6.77. The lowest BCUT2D eigenvalue weighted by Gasteiger charge is -2.43. The number of rotatable bonds is 4. The van der Waals surface area contributed by atoms with E-state index < -0.39 is 17.1 Å². The average Bonchev–Trinajstić information content (AvgIpc) is 3.37. The zero-order chi connectivity index (χ0) is 26.9. The fraction of sp³-hybridized carbons (Fsp3) is 0.280. The fourth-order valence-corrected chi connectivity index (χ4v) is 5.55. The molecule has 38 heavy (non-hydrogen) atoms. The van der Waals surface area contributed by atoms with Gasteiger partial charge in [0.25, 0.3) is 0 Å². The molecular weight excluding hydrogens is 519 g/mol. The van der Waals surface area contributed by atoms with Crippen LogP contribution in [-0.2, 0) is 9.61 Å². The summed E-state index contributed by atoms with van der Waals surface area (Å²) in [4.78, 5) is 13.1. The molecule has 2 fully saturated rings. The van der Waals surface area contributed by atoms with Crippen LogP contribution in [0.25, 0.3) is 11.3 Å². The van der Waals surface area contributed by atoms with E-state index >= 15 is 0 Å². The number of morpholine rings is 1. The Bertz CT molecular complexity index is 1400. The molecule has 2 saturated heterocycles. The molecule has 0 radical (unpaired) electrons. The smallest absolute Gasteiger partial charge is 0.378 e. The van der Waals surface area contributed by atoms with Gasteiger partial charge in [-0.1, -0.05) is 60.3 Å². The first-order valence-electron chi connectivity index (χ1n) is 11.6. The molecule has 0 aliphatic carbocycles. The van der Waals surface area contributed by atoms with E-state index in [0.717, 1.165) is 4.90 Å². The molecule has 196 valence electrons. The van der Waals surface area contributed by atoms with Crippen molar-refractivity contribution in [3.8, 4) is 11.8 Å². The molecule has 0 saturated carbocycles. The zero-order valence-corrected chi connectivity index (χ0v) is 21.0. The van der Waals surface area contributed by atoms with E-state index in [1.54, 1.807) is 34.9 Å². The standard InChI is InChI=1S/C25H22F3N7O2S/c1-33-21(38-24(25(26,27)28,30-23(33)36)17-8-4-2-5-9-17)19(16-29)20-31-32-22(34-12-14-37-15-13-34)35(20)18-10-6-3-7-11-18/h2-11H,12-15H2,1H3,(H,30,36)/b21-19-/t24-/m1/s1. The van der Waals surface area contributed by atoms with E-state index in [2.05, 4.69) is 15.5 Å². The minimum atomic E-state index is -4.90. The molecule has 1 aromatic heterocycles. The predicted octanol–water partition coefficient (Wildman–Crippen LogP) is 4.10. The number of nitriles is 1. The number of halogens is 3. The fourth-order valence-electron chi connectivity index (χ4n) is 4.30. The van der Waals surface area contributed by atoms with Gasteiger partial charge >= 0.3 is 12.2 Å². The summed E-state index contributed by atoms with van der Waals surface area (Å²) in [6.45, 7) is 1.97. The number of anilines is 1. The number of amides is 2. The van der Waals surface area contributed by atoms with Gasteiger partial charge in [-0.15, -0.1) is 10.2 Å². The van der Waals surface area contributed by atoms with Crippen molar-refractivity contribution in [1.82, 2.24) is 25.0 Å². The van der Waals surface area contributed by atoms with Crippen LogP contribution >= 0.6 is 11.8 Å². The number of carbonyl (C=O) groups excluding carboxylic acids is 1. The molecule has 3 heterocycles. The minimum Gasteiger partial charge on any atom is -0.378 e. The van der Waals surface area contributed by atoms with E-state index in [1.807, 2.05) is 17.0 Å². The summed E-state index contributed by atoms with van der Waals surface area (Å²) < 4.78 is 51.2. The number of aromatic nitrogens is 3. The van der Waals surface area contributed by atoms with Crippen molar-refractivity contribution in [1.29, 1.82) is 5.26 Å². The SMILES string of the molecule is CN1C(=O)N[C@@](c2ccccc2)(C(F)(F)F)S/C1=C(/C#N)c1nnc(N2CCOCC2)n1-c1ccccc1. The van der Waals surface area contributed by atoms with Gasteiger partial charge < -0.3 is 15.0 Å². The van der Waals surface area contributed by atoms with E-state index in [-0.39, 0.29) is 22.0 Å². The Hall–Kier alpha value is -4.02. The monoisotopic (exact) mass is 541 g/mol. The van der Waals surface area contributed by atoms with Crippen molar-refractivity contribution in [2.75, 3.05) is 38.3 Å². The first-order valence-corrected chi connectivity index (χ1v) is 12.4. The summed E-state index contributed by atoms with van der Waals surface area (Å²) in [7, 11) is 1.31. The maximum absolute atomic E-state index is 14.7. The first-order chi connectivity index (χ1) is 18.3. The third-order valence-corrected chi connectivity index (χ3v) is 7.77. The number of carbonyl (C=O) groups is 1. The molecule has 5 rings (SSSR count). The number of hydrogen-bond donors (Lipinski definition) is 1. The van der Waals surface area contributed by atoms with Crippen molar-refractivity contribution < 1.29 is 22.7 Å². The predicted molar refractivity (Wildman–Crippen MR) is 135 cm³/mol. The normalized spacial score (nSPS) is 21.6. The molecule has 0 spiro atoms. The van der Waals surface area contributed by atoms with Crippen molar-refractivity contribution >= 4 is 29.3 Å². The van der Waals surface area contributed by atoms with Gasteiger partial charge in [-0.05, 0) is 17.7 Å². The highest BCUT2D eigenvalue weighted by atomic mass is 32.2. The van der Waals surface area contributed by atoms with Crippen LogP contribution in [0.2, 0.25) is 0 Å². The van der Waals surface area contributed by atoms with Crippen LogP contribution in [0.1, 0.15) is 11.4 Å². The zero-order valence-electron chi connectivity index (χ0n) is 20.1. The summed E-state index contributed by atoms with van der Waals surface area (Å²) in [6.07, 6.45) is -4.90. The van der Waals surface area contributed by atoms with Gasteiger partial charge in [0, 0.05) is 20.1 Å². The number of hydrogen-bond acceptors (Lipinski definition) is 7. The maximum atomic E-state index is 14.7. The van der Waals surface area contributed by atoms with Crippen LogP contribution in [0.4, 0.5) is 23.9 Å². The van der Waals surface area contributed by atoms with E-state index in [0.29, 0.717) is 49.7 Å². The van der Waals surface area contributed by atoms with E-state index in [1.165, 1.54) is 31.3 Å². The number of allylic oxidation sites excluding steroid dienone is 1. The third-order valence-electron chi connectivity index (χ3n) is 6.23. The number of urea groups is 1. The molecule has 13 heteroatoms. The number of ether oxygens (including phenoxy) is 1. The van der Waals surface area contributed by atoms with Gasteiger partial charge in [0.1, 0.15) is 16.7 Å². The highest BCUT2D eigenvalue weighted by Gasteiger charge is 2.61. The summed E-state index contributed by atoms with van der Waals surface area (Å²) in [5.74, 6) is 0.439. The average molecular weight is 542 g/mol. The van der Waals surface area contributed by atoms with Crippen LogP contribution in [0.3, 0.4) is 0 Å². The second-order valence-electron chi connectivity index (χ2n) is 8.52. The van der Waals surface area contributed by atoms with Crippen LogP contribution in [0.5, 0.6) is 0 Å². The number of alkyl halides is 3. The van der Waals surface area contributed by atoms with Crippen LogP contribution in [0.15, 0.2) is 65.7 Å². The van der Waals surface area contributed by atoms with Gasteiger partial charge in [-0.3, -0.25) is 9.47 Å². The number of benzene rings is 2. The van der Waals surface area contributed by atoms with E-state index in [9.17, 15) is 23.2 Å². The molecular formula is C25H22F3N7O2S. The first kappa shape index (κ1) is 25.6. The van der Waals surface area contributed by atoms with Gasteiger partial charge in [0.2, 0.25) is 10.8 Å². The van der Waals surface area contributed by atoms with Gasteiger partial charge in [-0.25, -0.2) is 4.79 Å². The van der Waals surface area contributed by atoms with Crippen molar-refractivity contribution in [2.24, 2.45) is 0 Å². The molecule has 0 unspecified atom stereocenters. The summed E-state index contributed by atoms with van der Waals surface area (Å²) in [5.41, 5.74) is 0.223. The van der Waals surface area contributed by atoms with Crippen LogP contribution in [-0.4, -0.2) is 65.2 Å². The molecule has 2 aliphatic heterocycles. The second-order valence-corrected chi connectivity index (χ2v) is 9.73. The van der Waals surface area contributed by atoms with Gasteiger partial charge in [-0.2, -0.15) is 18.4 Å². The molecule has 1 atom stereocenters. The topological polar surface area (TPSA) is 99.3 Å². The number of nitrogens with zero attached hydrogens (tertiary/aromatic N) is 6. The quantitative estimate of drug-likeness (QED) is 0.497. The van der Waals surface area contributed by atoms with E-state index in [4.69, 9.17) is 4.74 Å². The molecule has 3 aromatic rings. The molecule has 2 aromatic carbocycles. The molecule has 2 aliphatic rings. The molecule has 0 bridgehead atoms. The second kappa shape index (κ2) is 10.0. The lowest BCUT2D eigenvalue weighted by atomic mass is 10.1. The summed E-state index contributed by atoms with van der Waals surface area (Å²) >= 11 is 0.338. The molecule has 2 amide bonds. The number of para-hydroxylation sites is 1. The van der Waals surface area contributed by atoms with Crippen molar-refractivity contribution in [3.05, 3.63) is 77.1 Å². The van der Waals surface area contributed by atoms with Gasteiger partial charge in [0.15, 0.2) is 5.82 Å². The Labute approximate surface area is 220 Å². The van der Waals surface area contributed by atoms with Gasteiger partial charge in [0.05, 0.1) is 18.9 Å². The Morgan fingerprint density at radius 2 is 1.71 bits per heavy atom. The van der Waals surface area contributed by atoms with Crippen molar-refractivity contribution in [2.45, 2.75) is 11.0 Å². The highest BCUT2D eigenvalue weighted by Crippen LogP contribution is 2.54. The summed E-state index contributed by atoms with van der Waals surface area (Å²) in [5, 5.41) is 20.8. The highest BCUT2D eigenvalue weighted by molar-refractivity contribution is 8.04. The van der Waals surface area contributed by atoms with Crippen molar-refractivity contribution in [3.63, 3.8) is 0 Å². The molecule has 1 N–H and O–H groups in total. The lowest BCUT2D eigenvalue weighted by Crippen LogP contribution is -2.60. The Balaban J connectivity index is 1.72. The Morgan fingerprint density at radius 1 is 1.08 bits per heavy atom. The third kappa shape index (κ3) is 4.35. The largest absolute Gasteiger partial charge is 0.425 e. The minimum absolute atomic E-state index is 0.0216. The Morgan fingerprint density at radius 3 is 2.32 bits per heavy atom. The maximum Gasteiger partial charge on any atom is 0.425 e. The number of thioether (sulfide) groups is 1. The molecule has 9 nitrogen and oxygen atoms in total. The van der Waals surface area contributed by atoms with Crippen LogP contribution in [0, 0.1) is 11.3 Å².